The summed E-state index contributed by atoms with van der Waals surface area (Å²) < 4.78 is 40.0. The highest BCUT2D eigenvalue weighted by Crippen LogP contribution is 2.31. The van der Waals surface area contributed by atoms with Crippen molar-refractivity contribution >= 4 is 39.4 Å². The lowest BCUT2D eigenvalue weighted by Gasteiger charge is -2.12. The number of H-pyrrole nitrogens is 1. The first-order valence-corrected chi connectivity index (χ1v) is 11.3. The number of fused-ring (bicyclic) bond motifs is 3. The molecule has 0 fully saturated rings. The number of halogens is 3. The number of nitrogens with one attached hydrogen (secondary N) is 1. The molecule has 0 radical (unpaired) electrons. The molecular weight excluding hydrogens is 481 g/mol. The third kappa shape index (κ3) is 4.26. The lowest BCUT2D eigenvalue weighted by Crippen LogP contribution is -2.21. The molecule has 0 aliphatic heterocycles. The number of alkyl halides is 3. The summed E-state index contributed by atoms with van der Waals surface area (Å²) in [6, 6.07) is 17.6. The van der Waals surface area contributed by atoms with E-state index < -0.39 is 22.2 Å². The van der Waals surface area contributed by atoms with Crippen LogP contribution in [-0.4, -0.2) is 19.5 Å². The highest BCUT2D eigenvalue weighted by atomic mass is 32.2. The molecule has 35 heavy (non-hydrogen) atoms. The first kappa shape index (κ1) is 22.7. The molecule has 0 aliphatic carbocycles. The molecule has 2 aromatic heterocycles. The van der Waals surface area contributed by atoms with Crippen LogP contribution in [0.15, 0.2) is 82.7 Å². The van der Waals surface area contributed by atoms with Crippen molar-refractivity contribution in [3.8, 4) is 5.69 Å². The third-order valence-electron chi connectivity index (χ3n) is 5.46. The zero-order valence-corrected chi connectivity index (χ0v) is 18.6. The Kier molecular flexibility index (Phi) is 5.56. The molecular formula is C24H15F3N4O3S. The number of benzene rings is 3. The normalized spacial score (nSPS) is 11.9. The number of nitro groups is 1. The van der Waals surface area contributed by atoms with E-state index in [2.05, 4.69) is 4.98 Å². The number of rotatable bonds is 5. The molecule has 0 atom stereocenters. The summed E-state index contributed by atoms with van der Waals surface area (Å²) in [5.74, 6) is 0.255. The number of hydrogen-bond acceptors (Lipinski definition) is 5. The molecule has 0 aliphatic rings. The molecule has 0 amide bonds. The fourth-order valence-corrected chi connectivity index (χ4v) is 4.69. The van der Waals surface area contributed by atoms with Gasteiger partial charge in [0.25, 0.3) is 11.2 Å². The molecule has 5 rings (SSSR count). The topological polar surface area (TPSA) is 93.8 Å². The van der Waals surface area contributed by atoms with Crippen molar-refractivity contribution in [2.45, 2.75) is 17.1 Å². The van der Waals surface area contributed by atoms with E-state index in [0.717, 1.165) is 23.0 Å². The molecule has 176 valence electrons. The first-order valence-electron chi connectivity index (χ1n) is 10.3. The van der Waals surface area contributed by atoms with Crippen LogP contribution in [0.5, 0.6) is 0 Å². The average molecular weight is 496 g/mol. The van der Waals surface area contributed by atoms with E-state index in [9.17, 15) is 28.1 Å². The van der Waals surface area contributed by atoms with Crippen LogP contribution in [-0.2, 0) is 11.9 Å². The van der Waals surface area contributed by atoms with Crippen LogP contribution in [0.2, 0.25) is 0 Å². The molecule has 5 aromatic rings. The summed E-state index contributed by atoms with van der Waals surface area (Å²) in [5.41, 5.74) is 1.22. The van der Waals surface area contributed by atoms with Crippen molar-refractivity contribution in [1.82, 2.24) is 14.5 Å². The summed E-state index contributed by atoms with van der Waals surface area (Å²) >= 11 is 1.18. The Morgan fingerprint density at radius 3 is 2.34 bits per heavy atom. The van der Waals surface area contributed by atoms with Gasteiger partial charge in [0.05, 0.1) is 16.2 Å². The van der Waals surface area contributed by atoms with Gasteiger partial charge in [0.15, 0.2) is 5.16 Å². The summed E-state index contributed by atoms with van der Waals surface area (Å²) in [6.07, 6.45) is -4.43. The number of non-ortho nitro benzene ring substituents is 1. The maximum atomic E-state index is 13.5. The van der Waals surface area contributed by atoms with Crippen molar-refractivity contribution in [3.63, 3.8) is 0 Å². The maximum absolute atomic E-state index is 13.5. The van der Waals surface area contributed by atoms with Gasteiger partial charge in [0.1, 0.15) is 11.0 Å². The van der Waals surface area contributed by atoms with Crippen LogP contribution >= 0.6 is 11.8 Å². The van der Waals surface area contributed by atoms with E-state index in [1.54, 1.807) is 0 Å². The standard InChI is InChI=1S/C24H15F3N4O3S/c25-24(26,27)15-7-5-14(6-8-15)13-35-23-29-20-18-3-1-2-4-19(18)28-21(20)22(32)30(23)16-9-11-17(12-10-16)31(33)34/h1-12,28H,13H2. The van der Waals surface area contributed by atoms with Crippen molar-refractivity contribution in [3.05, 3.63) is 104 Å². The van der Waals surface area contributed by atoms with Crippen LogP contribution in [0.3, 0.4) is 0 Å². The smallest absolute Gasteiger partial charge is 0.349 e. The van der Waals surface area contributed by atoms with Crippen molar-refractivity contribution in [2.24, 2.45) is 0 Å². The molecule has 0 spiro atoms. The molecule has 0 unspecified atom stereocenters. The largest absolute Gasteiger partial charge is 0.416 e. The van der Waals surface area contributed by atoms with Gasteiger partial charge in [-0.15, -0.1) is 0 Å². The van der Waals surface area contributed by atoms with Gasteiger partial charge in [-0.1, -0.05) is 42.1 Å². The zero-order valence-electron chi connectivity index (χ0n) is 17.7. The van der Waals surface area contributed by atoms with Gasteiger partial charge >= 0.3 is 6.18 Å². The van der Waals surface area contributed by atoms with E-state index in [0.29, 0.717) is 21.9 Å². The van der Waals surface area contributed by atoms with Crippen LogP contribution in [0, 0.1) is 10.1 Å². The lowest BCUT2D eigenvalue weighted by molar-refractivity contribution is -0.384. The average Bonchev–Trinajstić information content (AvgIpc) is 3.22. The van der Waals surface area contributed by atoms with E-state index in [1.165, 1.54) is 52.7 Å². The second kappa shape index (κ2) is 8.58. The minimum absolute atomic E-state index is 0.125. The Bertz CT molecular complexity index is 1630. The van der Waals surface area contributed by atoms with Crippen LogP contribution in [0.25, 0.3) is 27.6 Å². The van der Waals surface area contributed by atoms with Gasteiger partial charge in [0.2, 0.25) is 0 Å². The Balaban J connectivity index is 1.61. The predicted octanol–water partition coefficient (Wildman–Crippen LogP) is 6.09. The SMILES string of the molecule is O=c1c2[nH]c3ccccc3c2nc(SCc2ccc(C(F)(F)F)cc2)n1-c1ccc([N+](=O)[O-])cc1. The van der Waals surface area contributed by atoms with Gasteiger partial charge in [-0.2, -0.15) is 13.2 Å². The van der Waals surface area contributed by atoms with Crippen molar-refractivity contribution in [2.75, 3.05) is 0 Å². The second-order valence-corrected chi connectivity index (χ2v) is 8.63. The molecule has 0 saturated heterocycles. The fourth-order valence-electron chi connectivity index (χ4n) is 3.73. The zero-order chi connectivity index (χ0) is 24.7. The number of thioether (sulfide) groups is 1. The van der Waals surface area contributed by atoms with Gasteiger partial charge in [-0.25, -0.2) is 4.98 Å². The second-order valence-electron chi connectivity index (χ2n) is 7.69. The number of para-hydroxylation sites is 1. The van der Waals surface area contributed by atoms with Gasteiger partial charge in [-0.05, 0) is 35.9 Å². The Hall–Kier alpha value is -4.12. The summed E-state index contributed by atoms with van der Waals surface area (Å²) in [4.78, 5) is 31.8. The quantitative estimate of drug-likeness (QED) is 0.138. The maximum Gasteiger partial charge on any atom is 0.416 e. The van der Waals surface area contributed by atoms with Crippen LogP contribution in [0.4, 0.5) is 18.9 Å². The molecule has 0 saturated carbocycles. The van der Waals surface area contributed by atoms with Gasteiger partial charge in [0, 0.05) is 28.8 Å². The fraction of sp³-hybridized carbons (Fsp3) is 0.0833. The first-order chi connectivity index (χ1) is 16.7. The summed E-state index contributed by atoms with van der Waals surface area (Å²) in [5, 5.41) is 12.1. The van der Waals surface area contributed by atoms with Crippen LogP contribution < -0.4 is 5.56 Å². The number of hydrogen-bond donors (Lipinski definition) is 1. The van der Waals surface area contributed by atoms with Crippen molar-refractivity contribution < 1.29 is 18.1 Å². The Morgan fingerprint density at radius 2 is 1.69 bits per heavy atom. The van der Waals surface area contributed by atoms with E-state index in [4.69, 9.17) is 4.98 Å². The predicted molar refractivity (Wildman–Crippen MR) is 127 cm³/mol. The van der Waals surface area contributed by atoms with Gasteiger partial charge < -0.3 is 4.98 Å². The third-order valence-corrected chi connectivity index (χ3v) is 6.47. The molecule has 11 heteroatoms. The molecule has 1 N–H and O–H groups in total. The molecule has 2 heterocycles. The lowest BCUT2D eigenvalue weighted by atomic mass is 10.1. The molecule has 3 aromatic carbocycles. The molecule has 7 nitrogen and oxygen atoms in total. The van der Waals surface area contributed by atoms with Gasteiger partial charge in [-0.3, -0.25) is 19.5 Å². The Morgan fingerprint density at radius 1 is 1.00 bits per heavy atom. The monoisotopic (exact) mass is 496 g/mol. The number of nitro benzene ring substituents is 1. The van der Waals surface area contributed by atoms with Crippen LogP contribution in [0.1, 0.15) is 11.1 Å². The number of nitrogens with zero attached hydrogens (tertiary/aromatic N) is 3. The summed E-state index contributed by atoms with van der Waals surface area (Å²) in [6.45, 7) is 0. The Labute approximate surface area is 199 Å². The van der Waals surface area contributed by atoms with E-state index >= 15 is 0 Å². The highest BCUT2D eigenvalue weighted by Gasteiger charge is 2.30. The minimum atomic E-state index is -4.43. The number of aromatic amines is 1. The highest BCUT2D eigenvalue weighted by molar-refractivity contribution is 7.98. The molecule has 0 bridgehead atoms. The van der Waals surface area contributed by atoms with E-state index in [-0.39, 0.29) is 17.0 Å². The number of aromatic nitrogens is 3. The summed E-state index contributed by atoms with van der Waals surface area (Å²) in [7, 11) is 0. The van der Waals surface area contributed by atoms with Crippen molar-refractivity contribution in [1.29, 1.82) is 0 Å². The van der Waals surface area contributed by atoms with E-state index in [1.807, 2.05) is 24.3 Å². The minimum Gasteiger partial charge on any atom is -0.349 e.